The molecular formula is C20H24ClNO4. The molecule has 0 aliphatic carbocycles. The molecule has 1 amide bonds. The average molecular weight is 378 g/mol. The molecule has 2 aromatic rings. The number of amides is 1. The lowest BCUT2D eigenvalue weighted by Gasteiger charge is -2.18. The molecule has 0 saturated heterocycles. The summed E-state index contributed by atoms with van der Waals surface area (Å²) in [7, 11) is 4.98. The number of hydrogen-bond donors (Lipinski definition) is 0. The molecule has 5 nitrogen and oxygen atoms in total. The molecule has 0 atom stereocenters. The second-order valence-corrected chi connectivity index (χ2v) is 6.29. The van der Waals surface area contributed by atoms with Crippen LogP contribution in [0.25, 0.3) is 0 Å². The number of rotatable bonds is 9. The van der Waals surface area contributed by atoms with Crippen molar-refractivity contribution in [1.29, 1.82) is 0 Å². The van der Waals surface area contributed by atoms with Gasteiger partial charge in [-0.2, -0.15) is 0 Å². The smallest absolute Gasteiger partial charge is 0.253 e. The van der Waals surface area contributed by atoms with Crippen molar-refractivity contribution < 1.29 is 19.0 Å². The third-order valence-electron chi connectivity index (χ3n) is 3.91. The Morgan fingerprint density at radius 3 is 2.46 bits per heavy atom. The third-order valence-corrected chi connectivity index (χ3v) is 4.16. The molecule has 0 heterocycles. The van der Waals surface area contributed by atoms with Crippen LogP contribution >= 0.6 is 11.6 Å². The van der Waals surface area contributed by atoms with E-state index in [0.29, 0.717) is 41.8 Å². The van der Waals surface area contributed by atoms with Crippen LogP contribution in [-0.2, 0) is 11.3 Å². The summed E-state index contributed by atoms with van der Waals surface area (Å²) < 4.78 is 16.2. The summed E-state index contributed by atoms with van der Waals surface area (Å²) in [6.07, 6.45) is 0.790. The van der Waals surface area contributed by atoms with Gasteiger partial charge in [-0.3, -0.25) is 4.79 Å². The summed E-state index contributed by atoms with van der Waals surface area (Å²) in [5.41, 5.74) is 1.55. The normalized spacial score (nSPS) is 10.5. The molecule has 0 aliphatic rings. The van der Waals surface area contributed by atoms with E-state index in [1.165, 1.54) is 0 Å². The van der Waals surface area contributed by atoms with Crippen LogP contribution in [0.1, 0.15) is 22.3 Å². The minimum absolute atomic E-state index is 0.0661. The van der Waals surface area contributed by atoms with Crippen molar-refractivity contribution in [2.75, 3.05) is 34.4 Å². The number of carbonyl (C=O) groups excluding carboxylic acids is 1. The van der Waals surface area contributed by atoms with Crippen molar-refractivity contribution in [2.24, 2.45) is 0 Å². The van der Waals surface area contributed by atoms with Gasteiger partial charge in [-0.1, -0.05) is 23.7 Å². The van der Waals surface area contributed by atoms with Gasteiger partial charge in [0.25, 0.3) is 5.91 Å². The fourth-order valence-corrected chi connectivity index (χ4v) is 2.56. The van der Waals surface area contributed by atoms with Gasteiger partial charge in [-0.15, -0.1) is 0 Å². The standard InChI is InChI=1S/C20H24ClNO4/c1-22(11-4-12-24-2)20(23)16-7-10-18(19(13-16)25-3)26-14-15-5-8-17(21)9-6-15/h5-10,13H,4,11-12,14H2,1-3H3. The summed E-state index contributed by atoms with van der Waals surface area (Å²) in [5, 5.41) is 0.684. The van der Waals surface area contributed by atoms with Gasteiger partial charge in [-0.05, 0) is 42.3 Å². The number of halogens is 1. The molecule has 0 saturated carbocycles. The first-order valence-corrected chi connectivity index (χ1v) is 8.72. The van der Waals surface area contributed by atoms with E-state index in [-0.39, 0.29) is 5.91 Å². The van der Waals surface area contributed by atoms with E-state index < -0.39 is 0 Å². The fourth-order valence-electron chi connectivity index (χ4n) is 2.43. The number of methoxy groups -OCH3 is 2. The number of ether oxygens (including phenoxy) is 3. The molecule has 2 rings (SSSR count). The summed E-state index contributed by atoms with van der Waals surface area (Å²) in [5.74, 6) is 1.04. The lowest BCUT2D eigenvalue weighted by molar-refractivity contribution is 0.0779. The predicted molar refractivity (Wildman–Crippen MR) is 102 cm³/mol. The Hall–Kier alpha value is -2.24. The summed E-state index contributed by atoms with van der Waals surface area (Å²) >= 11 is 5.89. The minimum atomic E-state index is -0.0661. The first kappa shape index (κ1) is 20.1. The zero-order chi connectivity index (χ0) is 18.9. The second kappa shape index (κ2) is 10.0. The fraction of sp³-hybridized carbons (Fsp3) is 0.350. The number of nitrogens with zero attached hydrogens (tertiary/aromatic N) is 1. The Kier molecular flexibility index (Phi) is 7.75. The van der Waals surface area contributed by atoms with Crippen LogP contribution < -0.4 is 9.47 Å². The molecule has 6 heteroatoms. The van der Waals surface area contributed by atoms with Gasteiger partial charge in [0.1, 0.15) is 6.61 Å². The van der Waals surface area contributed by atoms with Gasteiger partial charge < -0.3 is 19.1 Å². The summed E-state index contributed by atoms with van der Waals surface area (Å²) in [4.78, 5) is 14.2. The Balaban J connectivity index is 2.03. The molecule has 0 aromatic heterocycles. The highest BCUT2D eigenvalue weighted by molar-refractivity contribution is 6.30. The lowest BCUT2D eigenvalue weighted by Crippen LogP contribution is -2.28. The highest BCUT2D eigenvalue weighted by Crippen LogP contribution is 2.29. The Labute approximate surface area is 159 Å². The quantitative estimate of drug-likeness (QED) is 0.619. The largest absolute Gasteiger partial charge is 0.493 e. The van der Waals surface area contributed by atoms with E-state index in [4.69, 9.17) is 25.8 Å². The summed E-state index contributed by atoms with van der Waals surface area (Å²) in [6.45, 7) is 1.64. The maximum atomic E-state index is 12.5. The Morgan fingerprint density at radius 2 is 1.81 bits per heavy atom. The SMILES string of the molecule is COCCCN(C)C(=O)c1ccc(OCc2ccc(Cl)cc2)c(OC)c1. The topological polar surface area (TPSA) is 48.0 Å². The van der Waals surface area contributed by atoms with Crippen LogP contribution in [0.2, 0.25) is 5.02 Å². The predicted octanol–water partition coefficient (Wildman–Crippen LogP) is 4.04. The van der Waals surface area contributed by atoms with Crippen LogP contribution in [-0.4, -0.2) is 45.2 Å². The van der Waals surface area contributed by atoms with E-state index in [1.54, 1.807) is 44.4 Å². The highest BCUT2D eigenvalue weighted by atomic mass is 35.5. The average Bonchev–Trinajstić information content (AvgIpc) is 2.67. The lowest BCUT2D eigenvalue weighted by atomic mass is 10.1. The molecule has 140 valence electrons. The molecule has 26 heavy (non-hydrogen) atoms. The van der Waals surface area contributed by atoms with Crippen molar-refractivity contribution in [1.82, 2.24) is 4.90 Å². The Morgan fingerprint density at radius 1 is 1.08 bits per heavy atom. The molecule has 0 aliphatic heterocycles. The van der Waals surface area contributed by atoms with Gasteiger partial charge in [-0.25, -0.2) is 0 Å². The molecule has 0 fully saturated rings. The van der Waals surface area contributed by atoms with E-state index in [1.807, 2.05) is 24.3 Å². The van der Waals surface area contributed by atoms with E-state index >= 15 is 0 Å². The van der Waals surface area contributed by atoms with Crippen molar-refractivity contribution in [3.8, 4) is 11.5 Å². The van der Waals surface area contributed by atoms with Crippen LogP contribution in [0, 0.1) is 0 Å². The highest BCUT2D eigenvalue weighted by Gasteiger charge is 2.15. The van der Waals surface area contributed by atoms with E-state index in [9.17, 15) is 4.79 Å². The number of carbonyl (C=O) groups is 1. The molecule has 0 radical (unpaired) electrons. The summed E-state index contributed by atoms with van der Waals surface area (Å²) in [6, 6.07) is 12.6. The molecule has 0 N–H and O–H groups in total. The maximum absolute atomic E-state index is 12.5. The van der Waals surface area contributed by atoms with Crippen LogP contribution in [0.5, 0.6) is 11.5 Å². The molecule has 0 unspecified atom stereocenters. The molecule has 0 bridgehead atoms. The van der Waals surface area contributed by atoms with Crippen molar-refractivity contribution in [3.63, 3.8) is 0 Å². The zero-order valence-corrected chi connectivity index (χ0v) is 16.1. The molecule has 0 spiro atoms. The number of hydrogen-bond acceptors (Lipinski definition) is 4. The first-order valence-electron chi connectivity index (χ1n) is 8.35. The second-order valence-electron chi connectivity index (χ2n) is 5.85. The van der Waals surface area contributed by atoms with Crippen LogP contribution in [0.15, 0.2) is 42.5 Å². The Bertz CT molecular complexity index is 718. The minimum Gasteiger partial charge on any atom is -0.493 e. The van der Waals surface area contributed by atoms with Crippen molar-refractivity contribution in [3.05, 3.63) is 58.6 Å². The van der Waals surface area contributed by atoms with E-state index in [2.05, 4.69) is 0 Å². The number of benzene rings is 2. The van der Waals surface area contributed by atoms with E-state index in [0.717, 1.165) is 12.0 Å². The van der Waals surface area contributed by atoms with Gasteiger partial charge >= 0.3 is 0 Å². The zero-order valence-electron chi connectivity index (χ0n) is 15.3. The van der Waals surface area contributed by atoms with Crippen LogP contribution in [0.4, 0.5) is 0 Å². The first-order chi connectivity index (χ1) is 12.5. The van der Waals surface area contributed by atoms with Crippen molar-refractivity contribution >= 4 is 17.5 Å². The van der Waals surface area contributed by atoms with Gasteiger partial charge in [0.05, 0.1) is 7.11 Å². The van der Waals surface area contributed by atoms with Crippen molar-refractivity contribution in [2.45, 2.75) is 13.0 Å². The van der Waals surface area contributed by atoms with Gasteiger partial charge in [0.15, 0.2) is 11.5 Å². The molecule has 2 aromatic carbocycles. The monoisotopic (exact) mass is 377 g/mol. The molecular weight excluding hydrogens is 354 g/mol. The third kappa shape index (κ3) is 5.64. The van der Waals surface area contributed by atoms with Gasteiger partial charge in [0.2, 0.25) is 0 Å². The van der Waals surface area contributed by atoms with Crippen LogP contribution in [0.3, 0.4) is 0 Å². The maximum Gasteiger partial charge on any atom is 0.253 e. The van der Waals surface area contributed by atoms with Gasteiger partial charge in [0, 0.05) is 37.9 Å².